The fraction of sp³-hybridized carbons (Fsp3) is 0. The highest BCUT2D eigenvalue weighted by Crippen LogP contribution is 2.15. The van der Waals surface area contributed by atoms with E-state index in [4.69, 9.17) is 5.11 Å². The normalized spacial score (nSPS) is 9.65. The number of carbonyl (C=O) groups is 1. The zero-order chi connectivity index (χ0) is 12.1. The van der Waals surface area contributed by atoms with Gasteiger partial charge in [0.05, 0.1) is 11.4 Å². The molecule has 1 amide bonds. The van der Waals surface area contributed by atoms with Crippen LogP contribution in [0.5, 0.6) is 0 Å². The van der Waals surface area contributed by atoms with Crippen LogP contribution < -0.4 is 10.4 Å². The lowest BCUT2D eigenvalue weighted by molar-refractivity contribution is 0.203. The molecule has 4 heteroatoms. The van der Waals surface area contributed by atoms with Crippen LogP contribution in [0.15, 0.2) is 60.7 Å². The van der Waals surface area contributed by atoms with Crippen LogP contribution in [0.3, 0.4) is 0 Å². The van der Waals surface area contributed by atoms with Gasteiger partial charge in [-0.25, -0.2) is 4.79 Å². The second-order valence-electron chi connectivity index (χ2n) is 3.43. The van der Waals surface area contributed by atoms with Crippen LogP contribution in [0, 0.1) is 0 Å². The van der Waals surface area contributed by atoms with Crippen LogP contribution in [0.4, 0.5) is 16.2 Å². The van der Waals surface area contributed by atoms with Gasteiger partial charge in [-0.1, -0.05) is 36.4 Å². The second-order valence-corrected chi connectivity index (χ2v) is 3.43. The average Bonchev–Trinajstić information content (AvgIpc) is 2.38. The number of carboxylic acid groups (broad SMARTS) is 1. The fourth-order valence-corrected chi connectivity index (χ4v) is 1.44. The minimum atomic E-state index is -1.06. The molecule has 17 heavy (non-hydrogen) atoms. The van der Waals surface area contributed by atoms with E-state index in [1.807, 2.05) is 24.3 Å². The Bertz CT molecular complexity index is 485. The van der Waals surface area contributed by atoms with Gasteiger partial charge in [0.25, 0.3) is 0 Å². The Hall–Kier alpha value is -2.49. The van der Waals surface area contributed by atoms with Crippen molar-refractivity contribution in [3.8, 4) is 0 Å². The van der Waals surface area contributed by atoms with Gasteiger partial charge in [-0.3, -0.25) is 5.43 Å². The first-order chi connectivity index (χ1) is 8.27. The molecule has 0 unspecified atom stereocenters. The van der Waals surface area contributed by atoms with Crippen LogP contribution in [0.1, 0.15) is 0 Å². The molecule has 0 aliphatic rings. The maximum atomic E-state index is 11.2. The number of anilines is 2. The van der Waals surface area contributed by atoms with E-state index >= 15 is 0 Å². The molecule has 2 aromatic rings. The van der Waals surface area contributed by atoms with Gasteiger partial charge in [-0.05, 0) is 24.3 Å². The van der Waals surface area contributed by atoms with Gasteiger partial charge < -0.3 is 5.11 Å². The molecular formula is C13H12N2O2. The number of hydrogen-bond donors (Lipinski definition) is 2. The van der Waals surface area contributed by atoms with Crippen molar-refractivity contribution in [3.05, 3.63) is 60.7 Å². The molecule has 86 valence electrons. The summed E-state index contributed by atoms with van der Waals surface area (Å²) in [6.07, 6.45) is -1.06. The molecule has 0 aliphatic heterocycles. The van der Waals surface area contributed by atoms with Crippen molar-refractivity contribution >= 4 is 17.5 Å². The number of amides is 1. The fourth-order valence-electron chi connectivity index (χ4n) is 1.44. The lowest BCUT2D eigenvalue weighted by Crippen LogP contribution is -2.34. The number of benzene rings is 2. The van der Waals surface area contributed by atoms with Crippen molar-refractivity contribution in [3.63, 3.8) is 0 Å². The summed E-state index contributed by atoms with van der Waals surface area (Å²) in [4.78, 5) is 11.2. The largest absolute Gasteiger partial charge is 0.463 e. The maximum Gasteiger partial charge on any atom is 0.430 e. The molecular weight excluding hydrogens is 216 g/mol. The number of nitrogens with zero attached hydrogens (tertiary/aromatic N) is 1. The first-order valence-electron chi connectivity index (χ1n) is 5.17. The Morgan fingerprint density at radius 3 is 2.00 bits per heavy atom. The summed E-state index contributed by atoms with van der Waals surface area (Å²) in [5, 5.41) is 10.2. The molecule has 0 saturated heterocycles. The van der Waals surface area contributed by atoms with E-state index in [0.29, 0.717) is 5.69 Å². The Balaban J connectivity index is 2.23. The molecule has 2 aromatic carbocycles. The van der Waals surface area contributed by atoms with Gasteiger partial charge in [0.2, 0.25) is 0 Å². The summed E-state index contributed by atoms with van der Waals surface area (Å²) >= 11 is 0. The third-order valence-electron chi connectivity index (χ3n) is 2.22. The molecule has 0 saturated carbocycles. The lowest BCUT2D eigenvalue weighted by Gasteiger charge is -2.21. The number of hydrogen-bond acceptors (Lipinski definition) is 2. The third kappa shape index (κ3) is 2.75. The number of nitrogens with one attached hydrogen (secondary N) is 1. The first kappa shape index (κ1) is 11.0. The predicted molar refractivity (Wildman–Crippen MR) is 67.0 cm³/mol. The van der Waals surface area contributed by atoms with E-state index in [2.05, 4.69) is 5.43 Å². The van der Waals surface area contributed by atoms with E-state index < -0.39 is 6.09 Å². The maximum absolute atomic E-state index is 11.2. The molecule has 0 atom stereocenters. The molecule has 2 rings (SSSR count). The van der Waals surface area contributed by atoms with Crippen LogP contribution in [-0.4, -0.2) is 11.2 Å². The predicted octanol–water partition coefficient (Wildman–Crippen LogP) is 3.20. The number of hydrazine groups is 1. The Kier molecular flexibility index (Phi) is 3.25. The van der Waals surface area contributed by atoms with Gasteiger partial charge in [-0.2, -0.15) is 5.01 Å². The summed E-state index contributed by atoms with van der Waals surface area (Å²) in [5.41, 5.74) is 4.12. The molecule has 0 aromatic heterocycles. The Morgan fingerprint density at radius 2 is 1.47 bits per heavy atom. The topological polar surface area (TPSA) is 52.6 Å². The van der Waals surface area contributed by atoms with Gasteiger partial charge in [0.1, 0.15) is 0 Å². The van der Waals surface area contributed by atoms with E-state index in [0.717, 1.165) is 10.7 Å². The summed E-state index contributed by atoms with van der Waals surface area (Å²) in [6.45, 7) is 0. The van der Waals surface area contributed by atoms with Crippen molar-refractivity contribution in [1.29, 1.82) is 0 Å². The third-order valence-corrected chi connectivity index (χ3v) is 2.22. The number of para-hydroxylation sites is 2. The van der Waals surface area contributed by atoms with Gasteiger partial charge >= 0.3 is 6.09 Å². The molecule has 0 radical (unpaired) electrons. The Morgan fingerprint density at radius 1 is 0.941 bits per heavy atom. The van der Waals surface area contributed by atoms with E-state index in [1.54, 1.807) is 36.4 Å². The van der Waals surface area contributed by atoms with Gasteiger partial charge in [-0.15, -0.1) is 0 Å². The minimum Gasteiger partial charge on any atom is -0.463 e. The van der Waals surface area contributed by atoms with Crippen LogP contribution >= 0.6 is 0 Å². The molecule has 0 bridgehead atoms. The summed E-state index contributed by atoms with van der Waals surface area (Å²) in [6, 6.07) is 18.0. The smallest absolute Gasteiger partial charge is 0.430 e. The van der Waals surface area contributed by atoms with Crippen molar-refractivity contribution in [2.75, 3.05) is 10.4 Å². The monoisotopic (exact) mass is 228 g/mol. The lowest BCUT2D eigenvalue weighted by atomic mass is 10.3. The average molecular weight is 228 g/mol. The summed E-state index contributed by atoms with van der Waals surface area (Å²) in [5.74, 6) is 0. The molecule has 4 nitrogen and oxygen atoms in total. The zero-order valence-electron chi connectivity index (χ0n) is 9.08. The standard InChI is InChI=1S/C13H12N2O2/c16-13(17)15(12-9-5-2-6-10-12)14-11-7-3-1-4-8-11/h1-10,14H,(H,16,17). The first-order valence-corrected chi connectivity index (χ1v) is 5.17. The molecule has 0 aliphatic carbocycles. The van der Waals surface area contributed by atoms with E-state index in [-0.39, 0.29) is 0 Å². The van der Waals surface area contributed by atoms with Crippen LogP contribution in [-0.2, 0) is 0 Å². The summed E-state index contributed by atoms with van der Waals surface area (Å²) < 4.78 is 0. The van der Waals surface area contributed by atoms with Crippen molar-refractivity contribution in [2.24, 2.45) is 0 Å². The highest BCUT2D eigenvalue weighted by atomic mass is 16.4. The van der Waals surface area contributed by atoms with Crippen LogP contribution in [0.25, 0.3) is 0 Å². The number of rotatable bonds is 3. The molecule has 0 spiro atoms. The van der Waals surface area contributed by atoms with E-state index in [9.17, 15) is 4.79 Å². The Labute approximate surface area is 99.1 Å². The molecule has 2 N–H and O–H groups in total. The second kappa shape index (κ2) is 5.03. The quantitative estimate of drug-likeness (QED) is 0.793. The van der Waals surface area contributed by atoms with Gasteiger partial charge in [0.15, 0.2) is 0 Å². The molecule has 0 fully saturated rings. The van der Waals surface area contributed by atoms with Crippen LogP contribution in [0.2, 0.25) is 0 Å². The molecule has 0 heterocycles. The zero-order valence-corrected chi connectivity index (χ0v) is 9.08. The SMILES string of the molecule is O=C(O)N(Nc1ccccc1)c1ccccc1. The highest BCUT2D eigenvalue weighted by molar-refractivity contribution is 5.88. The van der Waals surface area contributed by atoms with Gasteiger partial charge in [0, 0.05) is 0 Å². The van der Waals surface area contributed by atoms with Crippen molar-refractivity contribution in [2.45, 2.75) is 0 Å². The summed E-state index contributed by atoms with van der Waals surface area (Å²) in [7, 11) is 0. The van der Waals surface area contributed by atoms with Crippen molar-refractivity contribution < 1.29 is 9.90 Å². The highest BCUT2D eigenvalue weighted by Gasteiger charge is 2.13. The van der Waals surface area contributed by atoms with E-state index in [1.165, 1.54) is 0 Å². The minimum absolute atomic E-state index is 0.573. The van der Waals surface area contributed by atoms with Crippen molar-refractivity contribution in [1.82, 2.24) is 0 Å².